The minimum atomic E-state index is -1.03. The van der Waals surface area contributed by atoms with Crippen LogP contribution >= 0.6 is 0 Å². The van der Waals surface area contributed by atoms with Crippen molar-refractivity contribution in [2.75, 3.05) is 7.11 Å². The average Bonchev–Trinajstić information content (AvgIpc) is 2.43. The predicted octanol–water partition coefficient (Wildman–Crippen LogP) is 3.54. The van der Waals surface area contributed by atoms with E-state index < -0.39 is 23.2 Å². The van der Waals surface area contributed by atoms with Crippen molar-refractivity contribution in [2.45, 2.75) is 6.42 Å². The topological polar surface area (TPSA) is 26.3 Å². The van der Waals surface area contributed by atoms with E-state index in [1.54, 1.807) is 0 Å². The highest BCUT2D eigenvalue weighted by Gasteiger charge is 2.15. The average molecular weight is 280 g/mol. The highest BCUT2D eigenvalue weighted by Crippen LogP contribution is 2.21. The molecular formula is C15H11F3O2. The molecule has 2 aromatic rings. The summed E-state index contributed by atoms with van der Waals surface area (Å²) >= 11 is 0. The maximum atomic E-state index is 13.2. The van der Waals surface area contributed by atoms with Gasteiger partial charge in [0.1, 0.15) is 11.6 Å². The highest BCUT2D eigenvalue weighted by molar-refractivity contribution is 6.00. The first-order valence-corrected chi connectivity index (χ1v) is 5.82. The van der Waals surface area contributed by atoms with Crippen molar-refractivity contribution in [3.05, 3.63) is 65.0 Å². The van der Waals surface area contributed by atoms with E-state index in [0.717, 1.165) is 18.2 Å². The Bertz CT molecular complexity index is 654. The summed E-state index contributed by atoms with van der Waals surface area (Å²) in [7, 11) is 1.36. The first-order valence-electron chi connectivity index (χ1n) is 5.82. The Morgan fingerprint density at radius 3 is 2.45 bits per heavy atom. The van der Waals surface area contributed by atoms with Gasteiger partial charge >= 0.3 is 0 Å². The Balaban J connectivity index is 2.27. The Morgan fingerprint density at radius 1 is 1.05 bits per heavy atom. The molecule has 0 aliphatic carbocycles. The minimum Gasteiger partial charge on any atom is -0.496 e. The van der Waals surface area contributed by atoms with Crippen molar-refractivity contribution < 1.29 is 22.7 Å². The summed E-state index contributed by atoms with van der Waals surface area (Å²) in [5.41, 5.74) is 0.373. The van der Waals surface area contributed by atoms with Crippen LogP contribution in [0.2, 0.25) is 0 Å². The second-order valence-electron chi connectivity index (χ2n) is 4.19. The smallest absolute Gasteiger partial charge is 0.171 e. The molecule has 0 unspecified atom stereocenters. The molecule has 2 rings (SSSR count). The number of carbonyl (C=O) groups excluding carboxylic acids is 1. The normalized spacial score (nSPS) is 10.4. The van der Waals surface area contributed by atoms with Crippen molar-refractivity contribution in [1.29, 1.82) is 0 Å². The number of ketones is 1. The van der Waals surface area contributed by atoms with Crippen LogP contribution in [0, 0.1) is 17.5 Å². The molecule has 0 radical (unpaired) electrons. The molecule has 0 fully saturated rings. The third kappa shape index (κ3) is 2.99. The fourth-order valence-corrected chi connectivity index (χ4v) is 1.83. The molecule has 0 aromatic heterocycles. The largest absolute Gasteiger partial charge is 0.496 e. The van der Waals surface area contributed by atoms with Crippen LogP contribution in [-0.4, -0.2) is 12.9 Å². The fourth-order valence-electron chi connectivity index (χ4n) is 1.83. The van der Waals surface area contributed by atoms with Gasteiger partial charge in [-0.1, -0.05) is 6.07 Å². The number of benzene rings is 2. The van der Waals surface area contributed by atoms with Crippen molar-refractivity contribution >= 4 is 5.78 Å². The van der Waals surface area contributed by atoms with Gasteiger partial charge in [-0.15, -0.1) is 0 Å². The highest BCUT2D eigenvalue weighted by atomic mass is 19.2. The van der Waals surface area contributed by atoms with Gasteiger partial charge in [0.2, 0.25) is 0 Å². The Kier molecular flexibility index (Phi) is 4.08. The predicted molar refractivity (Wildman–Crippen MR) is 67.3 cm³/mol. The number of Topliss-reactive ketones (excluding diaryl/α,β-unsaturated/α-hetero) is 1. The van der Waals surface area contributed by atoms with Gasteiger partial charge in [-0.25, -0.2) is 13.2 Å². The molecule has 104 valence electrons. The third-order valence-corrected chi connectivity index (χ3v) is 2.81. The summed E-state index contributed by atoms with van der Waals surface area (Å²) in [5.74, 6) is -2.78. The van der Waals surface area contributed by atoms with Gasteiger partial charge < -0.3 is 4.74 Å². The standard InChI is InChI=1S/C15H11F3O2/c1-20-15-5-3-10(16)8-11(15)14(19)7-9-2-4-12(17)13(18)6-9/h2-6,8H,7H2,1H3. The molecule has 0 spiro atoms. The molecule has 5 heteroatoms. The zero-order valence-corrected chi connectivity index (χ0v) is 10.6. The van der Waals surface area contributed by atoms with E-state index in [1.165, 1.54) is 25.3 Å². The van der Waals surface area contributed by atoms with E-state index in [1.807, 2.05) is 0 Å². The van der Waals surface area contributed by atoms with E-state index in [-0.39, 0.29) is 17.7 Å². The van der Waals surface area contributed by atoms with E-state index in [9.17, 15) is 18.0 Å². The van der Waals surface area contributed by atoms with E-state index in [4.69, 9.17) is 4.74 Å². The Labute approximate surface area is 113 Å². The summed E-state index contributed by atoms with van der Waals surface area (Å²) in [4.78, 5) is 12.1. The molecule has 0 aliphatic heterocycles. The first kappa shape index (κ1) is 14.1. The number of halogens is 3. The van der Waals surface area contributed by atoms with Gasteiger partial charge in [0, 0.05) is 6.42 Å². The van der Waals surface area contributed by atoms with E-state index in [0.29, 0.717) is 5.56 Å². The van der Waals surface area contributed by atoms with Gasteiger partial charge in [-0.3, -0.25) is 4.79 Å². The summed E-state index contributed by atoms with van der Waals surface area (Å²) in [6.45, 7) is 0. The first-order chi connectivity index (χ1) is 9.51. The minimum absolute atomic E-state index is 0.0669. The van der Waals surface area contributed by atoms with Gasteiger partial charge in [0.15, 0.2) is 17.4 Å². The monoisotopic (exact) mass is 280 g/mol. The lowest BCUT2D eigenvalue weighted by Crippen LogP contribution is -2.07. The van der Waals surface area contributed by atoms with Crippen LogP contribution in [0.3, 0.4) is 0 Å². The van der Waals surface area contributed by atoms with E-state index in [2.05, 4.69) is 0 Å². The number of carbonyl (C=O) groups is 1. The molecule has 0 saturated carbocycles. The van der Waals surface area contributed by atoms with Gasteiger partial charge in [-0.05, 0) is 35.9 Å². The van der Waals surface area contributed by atoms with Crippen molar-refractivity contribution in [1.82, 2.24) is 0 Å². The van der Waals surface area contributed by atoms with Gasteiger partial charge in [0.05, 0.1) is 12.7 Å². The van der Waals surface area contributed by atoms with Crippen molar-refractivity contribution in [3.63, 3.8) is 0 Å². The number of hydrogen-bond acceptors (Lipinski definition) is 2. The van der Waals surface area contributed by atoms with Crippen LogP contribution < -0.4 is 4.74 Å². The number of methoxy groups -OCH3 is 1. The lowest BCUT2D eigenvalue weighted by molar-refractivity contribution is 0.0989. The number of hydrogen-bond donors (Lipinski definition) is 0. The molecule has 0 atom stereocenters. The fraction of sp³-hybridized carbons (Fsp3) is 0.133. The molecule has 0 amide bonds. The van der Waals surface area contributed by atoms with Crippen LogP contribution in [0.4, 0.5) is 13.2 Å². The summed E-state index contributed by atoms with van der Waals surface area (Å²) in [5, 5.41) is 0. The van der Waals surface area contributed by atoms with Gasteiger partial charge in [0.25, 0.3) is 0 Å². The van der Waals surface area contributed by atoms with Crippen LogP contribution in [-0.2, 0) is 6.42 Å². The van der Waals surface area contributed by atoms with Crippen LogP contribution in [0.5, 0.6) is 5.75 Å². The van der Waals surface area contributed by atoms with Crippen molar-refractivity contribution in [2.24, 2.45) is 0 Å². The van der Waals surface area contributed by atoms with Crippen LogP contribution in [0.1, 0.15) is 15.9 Å². The molecule has 0 heterocycles. The number of rotatable bonds is 4. The second-order valence-corrected chi connectivity index (χ2v) is 4.19. The molecule has 2 aromatic carbocycles. The third-order valence-electron chi connectivity index (χ3n) is 2.81. The summed E-state index contributed by atoms with van der Waals surface area (Å²) in [6, 6.07) is 6.77. The number of ether oxygens (including phenoxy) is 1. The molecule has 0 saturated heterocycles. The molecular weight excluding hydrogens is 269 g/mol. The van der Waals surface area contributed by atoms with Crippen LogP contribution in [0.25, 0.3) is 0 Å². The Morgan fingerprint density at radius 2 is 1.80 bits per heavy atom. The maximum Gasteiger partial charge on any atom is 0.171 e. The quantitative estimate of drug-likeness (QED) is 0.801. The lowest BCUT2D eigenvalue weighted by Gasteiger charge is -2.08. The lowest BCUT2D eigenvalue weighted by atomic mass is 10.0. The molecule has 20 heavy (non-hydrogen) atoms. The van der Waals surface area contributed by atoms with Gasteiger partial charge in [-0.2, -0.15) is 0 Å². The molecule has 2 nitrogen and oxygen atoms in total. The second kappa shape index (κ2) is 5.77. The molecule has 0 bridgehead atoms. The van der Waals surface area contributed by atoms with Crippen molar-refractivity contribution in [3.8, 4) is 5.75 Å². The molecule has 0 N–H and O–H groups in total. The van der Waals surface area contributed by atoms with E-state index >= 15 is 0 Å². The zero-order valence-electron chi connectivity index (χ0n) is 10.6. The maximum absolute atomic E-state index is 13.2. The Hall–Kier alpha value is -2.30. The SMILES string of the molecule is COc1ccc(F)cc1C(=O)Cc1ccc(F)c(F)c1. The summed E-state index contributed by atoms with van der Waals surface area (Å²) < 4.78 is 44.0. The zero-order chi connectivity index (χ0) is 14.7. The molecule has 0 aliphatic rings. The summed E-state index contributed by atoms with van der Waals surface area (Å²) in [6.07, 6.45) is -0.170. The van der Waals surface area contributed by atoms with Crippen LogP contribution in [0.15, 0.2) is 36.4 Å².